The molecule has 1 saturated heterocycles. The fourth-order valence-electron chi connectivity index (χ4n) is 4.55. The first-order valence-electron chi connectivity index (χ1n) is 10.9. The van der Waals surface area contributed by atoms with Crippen molar-refractivity contribution in [3.05, 3.63) is 77.4 Å². The molecular weight excluding hydrogens is 404 g/mol. The first-order chi connectivity index (χ1) is 15.0. The molecule has 6 heteroatoms. The number of aromatic nitrogens is 2. The van der Waals surface area contributed by atoms with Gasteiger partial charge in [0.15, 0.2) is 5.11 Å². The van der Waals surface area contributed by atoms with Crippen molar-refractivity contribution in [2.45, 2.75) is 45.7 Å². The topological polar surface area (TPSA) is 42.3 Å². The highest BCUT2D eigenvalue weighted by Crippen LogP contribution is 2.41. The third-order valence-corrected chi connectivity index (χ3v) is 6.40. The lowest BCUT2D eigenvalue weighted by Crippen LogP contribution is -2.30. The van der Waals surface area contributed by atoms with Gasteiger partial charge in [0.05, 0.1) is 24.9 Å². The average molecular weight is 435 g/mol. The Morgan fingerprint density at radius 1 is 1.13 bits per heavy atom. The SMILES string of the molecule is CCCCN1C(=S)N[C@H](c2ccccn2)[C@H]1c1cc(C)n(-c2cccc(OC)c2)c1C. The van der Waals surface area contributed by atoms with E-state index < -0.39 is 0 Å². The highest BCUT2D eigenvalue weighted by atomic mass is 32.1. The van der Waals surface area contributed by atoms with E-state index in [2.05, 4.69) is 64.8 Å². The van der Waals surface area contributed by atoms with Crippen molar-refractivity contribution in [1.29, 1.82) is 0 Å². The standard InChI is InChI=1S/C25H30N4OS/c1-5-6-14-28-24(23(27-25(28)31)22-12-7-8-13-26-22)21-15-17(2)29(18(21)3)19-10-9-11-20(16-19)30-4/h7-13,15-16,23-24H,5-6,14H2,1-4H3,(H,27,31)/t23-,24-/m1/s1. The number of nitrogens with zero attached hydrogens (tertiary/aromatic N) is 3. The lowest BCUT2D eigenvalue weighted by Gasteiger charge is -2.28. The molecule has 0 bridgehead atoms. The molecule has 1 fully saturated rings. The van der Waals surface area contributed by atoms with Gasteiger partial charge in [0.2, 0.25) is 0 Å². The largest absolute Gasteiger partial charge is 0.497 e. The number of aryl methyl sites for hydroxylation is 1. The minimum Gasteiger partial charge on any atom is -0.497 e. The number of hydrogen-bond acceptors (Lipinski definition) is 3. The van der Waals surface area contributed by atoms with Gasteiger partial charge in [-0.15, -0.1) is 0 Å². The summed E-state index contributed by atoms with van der Waals surface area (Å²) < 4.78 is 7.75. The summed E-state index contributed by atoms with van der Waals surface area (Å²) in [5, 5.41) is 4.36. The van der Waals surface area contributed by atoms with E-state index in [4.69, 9.17) is 17.0 Å². The molecule has 31 heavy (non-hydrogen) atoms. The van der Waals surface area contributed by atoms with E-state index >= 15 is 0 Å². The second-order valence-corrected chi connectivity index (χ2v) is 8.42. The zero-order chi connectivity index (χ0) is 22.0. The van der Waals surface area contributed by atoms with Gasteiger partial charge < -0.3 is 19.5 Å². The third kappa shape index (κ3) is 4.04. The van der Waals surface area contributed by atoms with Crippen LogP contribution in [0.5, 0.6) is 5.75 Å². The zero-order valence-electron chi connectivity index (χ0n) is 18.6. The van der Waals surface area contributed by atoms with Crippen molar-refractivity contribution in [3.63, 3.8) is 0 Å². The molecule has 0 aliphatic carbocycles. The Balaban J connectivity index is 1.81. The number of nitrogens with one attached hydrogen (secondary N) is 1. The van der Waals surface area contributed by atoms with Crippen LogP contribution in [0, 0.1) is 13.8 Å². The van der Waals surface area contributed by atoms with Crippen LogP contribution >= 0.6 is 12.2 Å². The third-order valence-electron chi connectivity index (χ3n) is 6.05. The molecule has 2 aromatic heterocycles. The minimum atomic E-state index is 0.0183. The fraction of sp³-hybridized carbons (Fsp3) is 0.360. The van der Waals surface area contributed by atoms with E-state index in [1.165, 1.54) is 17.0 Å². The van der Waals surface area contributed by atoms with Crippen LogP contribution in [0.4, 0.5) is 0 Å². The van der Waals surface area contributed by atoms with E-state index in [-0.39, 0.29) is 12.1 Å². The summed E-state index contributed by atoms with van der Waals surface area (Å²) in [6.45, 7) is 7.49. The maximum Gasteiger partial charge on any atom is 0.170 e. The smallest absolute Gasteiger partial charge is 0.170 e. The Kier molecular flexibility index (Phi) is 6.28. The van der Waals surface area contributed by atoms with E-state index in [9.17, 15) is 0 Å². The number of rotatable bonds is 7. The first kappa shape index (κ1) is 21.4. The molecular formula is C25H30N4OS. The number of benzene rings is 1. The molecule has 1 aliphatic rings. The van der Waals surface area contributed by atoms with Crippen molar-refractivity contribution in [3.8, 4) is 11.4 Å². The van der Waals surface area contributed by atoms with Crippen LogP contribution in [0.3, 0.4) is 0 Å². The molecule has 5 nitrogen and oxygen atoms in total. The predicted octanol–water partition coefficient (Wildman–Crippen LogP) is 5.27. The Hall–Kier alpha value is -2.86. The predicted molar refractivity (Wildman–Crippen MR) is 129 cm³/mol. The summed E-state index contributed by atoms with van der Waals surface area (Å²) in [6, 6.07) is 16.7. The summed E-state index contributed by atoms with van der Waals surface area (Å²) in [5.41, 5.74) is 5.79. The van der Waals surface area contributed by atoms with Crippen LogP contribution in [0.2, 0.25) is 0 Å². The van der Waals surface area contributed by atoms with Gasteiger partial charge in [0.1, 0.15) is 5.75 Å². The highest BCUT2D eigenvalue weighted by Gasteiger charge is 2.41. The lowest BCUT2D eigenvalue weighted by atomic mass is 9.96. The molecule has 0 saturated carbocycles. The molecule has 3 aromatic rings. The molecule has 1 N–H and O–H groups in total. The van der Waals surface area contributed by atoms with E-state index in [0.717, 1.165) is 41.6 Å². The minimum absolute atomic E-state index is 0.0183. The number of hydrogen-bond donors (Lipinski definition) is 1. The van der Waals surface area contributed by atoms with Gasteiger partial charge in [-0.3, -0.25) is 4.98 Å². The molecule has 0 radical (unpaired) electrons. The Labute approximate surface area is 190 Å². The summed E-state index contributed by atoms with van der Waals surface area (Å²) in [5.74, 6) is 0.853. The molecule has 3 heterocycles. The Morgan fingerprint density at radius 3 is 2.68 bits per heavy atom. The normalized spacial score (nSPS) is 18.3. The van der Waals surface area contributed by atoms with Gasteiger partial charge in [-0.25, -0.2) is 0 Å². The van der Waals surface area contributed by atoms with Gasteiger partial charge >= 0.3 is 0 Å². The van der Waals surface area contributed by atoms with Gasteiger partial charge in [-0.1, -0.05) is 25.5 Å². The fourth-order valence-corrected chi connectivity index (χ4v) is 4.88. The molecule has 2 atom stereocenters. The van der Waals surface area contributed by atoms with Crippen molar-refractivity contribution in [2.24, 2.45) is 0 Å². The molecule has 0 spiro atoms. The maximum atomic E-state index is 5.78. The van der Waals surface area contributed by atoms with E-state index in [0.29, 0.717) is 0 Å². The van der Waals surface area contributed by atoms with Gasteiger partial charge in [-0.05, 0) is 68.4 Å². The van der Waals surface area contributed by atoms with Crippen molar-refractivity contribution < 1.29 is 4.74 Å². The average Bonchev–Trinajstić information content (AvgIpc) is 3.27. The van der Waals surface area contributed by atoms with Crippen molar-refractivity contribution in [2.75, 3.05) is 13.7 Å². The Morgan fingerprint density at radius 2 is 1.97 bits per heavy atom. The second kappa shape index (κ2) is 9.10. The number of pyridine rings is 1. The Bertz CT molecular complexity index is 1060. The molecule has 0 amide bonds. The van der Waals surface area contributed by atoms with Gasteiger partial charge in [0.25, 0.3) is 0 Å². The summed E-state index contributed by atoms with van der Waals surface area (Å²) >= 11 is 5.78. The molecule has 1 aromatic carbocycles. The molecule has 4 rings (SSSR count). The molecule has 162 valence electrons. The van der Waals surface area contributed by atoms with Crippen LogP contribution in [-0.2, 0) is 0 Å². The number of ether oxygens (including phenoxy) is 1. The van der Waals surface area contributed by atoms with Crippen molar-refractivity contribution in [1.82, 2.24) is 19.8 Å². The van der Waals surface area contributed by atoms with Gasteiger partial charge in [-0.2, -0.15) is 0 Å². The monoisotopic (exact) mass is 434 g/mol. The maximum absolute atomic E-state index is 5.78. The number of unbranched alkanes of at least 4 members (excludes halogenated alkanes) is 1. The van der Waals surface area contributed by atoms with Crippen LogP contribution in [0.25, 0.3) is 5.69 Å². The lowest BCUT2D eigenvalue weighted by molar-refractivity contribution is 0.312. The number of methoxy groups -OCH3 is 1. The van der Waals surface area contributed by atoms with Crippen LogP contribution in [0.15, 0.2) is 54.7 Å². The zero-order valence-corrected chi connectivity index (χ0v) is 19.4. The number of thiocarbonyl (C=S) groups is 1. The summed E-state index contributed by atoms with van der Waals surface area (Å²) in [4.78, 5) is 7.00. The summed E-state index contributed by atoms with van der Waals surface area (Å²) in [7, 11) is 1.70. The molecule has 1 aliphatic heterocycles. The quantitative estimate of drug-likeness (QED) is 0.513. The molecule has 0 unspecified atom stereocenters. The first-order valence-corrected chi connectivity index (χ1v) is 11.3. The van der Waals surface area contributed by atoms with Gasteiger partial charge in [0, 0.05) is 35.9 Å². The van der Waals surface area contributed by atoms with E-state index in [1.54, 1.807) is 7.11 Å². The van der Waals surface area contributed by atoms with Crippen LogP contribution in [-0.4, -0.2) is 33.2 Å². The summed E-state index contributed by atoms with van der Waals surface area (Å²) in [6.07, 6.45) is 4.08. The highest BCUT2D eigenvalue weighted by molar-refractivity contribution is 7.80. The van der Waals surface area contributed by atoms with Crippen LogP contribution < -0.4 is 10.1 Å². The van der Waals surface area contributed by atoms with E-state index in [1.807, 2.05) is 30.5 Å². The van der Waals surface area contributed by atoms with Crippen LogP contribution in [0.1, 0.15) is 54.5 Å². The second-order valence-electron chi connectivity index (χ2n) is 8.04. The van der Waals surface area contributed by atoms with Crippen molar-refractivity contribution >= 4 is 17.3 Å².